The maximum atomic E-state index is 13.4. The van der Waals surface area contributed by atoms with Gasteiger partial charge in [-0.25, -0.2) is 18.6 Å². The standard InChI is InChI=1S/C21H19BrClF2N7O2/c1-9(2)31-16(15(20(33)34)27-21(31)22)14(11-4-6-12(23)7-5-11)26-13-8-10(3)18-28-29-19(17(24)25)32(18)30-13/h4-9,14,17H,1-3H3,(H,26,30)(H,33,34). The van der Waals surface area contributed by atoms with Gasteiger partial charge in [-0.05, 0) is 66.0 Å². The van der Waals surface area contributed by atoms with Crippen LogP contribution in [-0.4, -0.2) is 40.4 Å². The SMILES string of the molecule is Cc1cc(NC(c2ccc(Cl)cc2)c2c(C(=O)O)nc(Br)n2C(C)C)nn2c(C(F)F)nnc12. The highest BCUT2D eigenvalue weighted by Gasteiger charge is 2.30. The number of anilines is 1. The lowest BCUT2D eigenvalue weighted by Crippen LogP contribution is -2.22. The predicted molar refractivity (Wildman–Crippen MR) is 125 cm³/mol. The van der Waals surface area contributed by atoms with Crippen molar-refractivity contribution in [1.29, 1.82) is 0 Å². The van der Waals surface area contributed by atoms with Crippen LogP contribution >= 0.6 is 27.5 Å². The summed E-state index contributed by atoms with van der Waals surface area (Å²) in [6.45, 7) is 5.48. The van der Waals surface area contributed by atoms with Crippen LogP contribution in [0.25, 0.3) is 5.65 Å². The minimum absolute atomic E-state index is 0.151. The molecule has 13 heteroatoms. The molecular formula is C21H19BrClF2N7O2. The Labute approximate surface area is 205 Å². The van der Waals surface area contributed by atoms with Crippen LogP contribution in [0.5, 0.6) is 0 Å². The number of imidazole rings is 1. The molecule has 0 spiro atoms. The zero-order valence-electron chi connectivity index (χ0n) is 18.2. The zero-order valence-corrected chi connectivity index (χ0v) is 20.5. The molecule has 0 radical (unpaired) electrons. The second kappa shape index (κ2) is 9.26. The van der Waals surface area contributed by atoms with E-state index in [4.69, 9.17) is 11.6 Å². The molecule has 1 unspecified atom stereocenters. The molecule has 0 fully saturated rings. The summed E-state index contributed by atoms with van der Waals surface area (Å²) in [5.41, 5.74) is 1.62. The van der Waals surface area contributed by atoms with E-state index in [0.717, 1.165) is 4.52 Å². The van der Waals surface area contributed by atoms with E-state index < -0.39 is 24.3 Å². The smallest absolute Gasteiger partial charge is 0.356 e. The van der Waals surface area contributed by atoms with Crippen molar-refractivity contribution in [2.45, 2.75) is 39.3 Å². The molecule has 9 nitrogen and oxygen atoms in total. The van der Waals surface area contributed by atoms with Gasteiger partial charge in [0.25, 0.3) is 6.43 Å². The number of carboxylic acids is 1. The van der Waals surface area contributed by atoms with Gasteiger partial charge in [-0.1, -0.05) is 23.7 Å². The Kier molecular flexibility index (Phi) is 6.54. The average Bonchev–Trinajstić information content (AvgIpc) is 3.34. The number of aryl methyl sites for hydroxylation is 1. The molecule has 0 aliphatic rings. The molecule has 1 aromatic carbocycles. The molecule has 0 bridgehead atoms. The number of halogens is 4. The summed E-state index contributed by atoms with van der Waals surface area (Å²) in [6, 6.07) is 7.55. The number of aromatic nitrogens is 6. The second-order valence-corrected chi connectivity index (χ2v) is 8.97. The molecule has 0 saturated carbocycles. The van der Waals surface area contributed by atoms with E-state index in [1.807, 2.05) is 13.8 Å². The number of benzene rings is 1. The first-order chi connectivity index (χ1) is 16.1. The van der Waals surface area contributed by atoms with Crippen LogP contribution in [0.1, 0.15) is 65.5 Å². The van der Waals surface area contributed by atoms with Gasteiger partial charge in [0.05, 0.1) is 11.7 Å². The molecule has 3 heterocycles. The van der Waals surface area contributed by atoms with Crippen molar-refractivity contribution in [3.8, 4) is 0 Å². The summed E-state index contributed by atoms with van der Waals surface area (Å²) in [7, 11) is 0. The first kappa shape index (κ1) is 24.0. The van der Waals surface area contributed by atoms with Gasteiger partial charge in [0, 0.05) is 11.1 Å². The van der Waals surface area contributed by atoms with E-state index in [1.54, 1.807) is 41.8 Å². The molecule has 4 aromatic rings. The highest BCUT2D eigenvalue weighted by Crippen LogP contribution is 2.34. The van der Waals surface area contributed by atoms with Gasteiger partial charge < -0.3 is 15.0 Å². The van der Waals surface area contributed by atoms with Crippen molar-refractivity contribution in [3.63, 3.8) is 0 Å². The summed E-state index contributed by atoms with van der Waals surface area (Å²) in [6.07, 6.45) is -2.87. The summed E-state index contributed by atoms with van der Waals surface area (Å²) in [5, 5.41) is 25.2. The highest BCUT2D eigenvalue weighted by molar-refractivity contribution is 9.10. The molecule has 0 amide bonds. The Morgan fingerprint density at radius 3 is 2.47 bits per heavy atom. The maximum absolute atomic E-state index is 13.4. The summed E-state index contributed by atoms with van der Waals surface area (Å²) in [4.78, 5) is 16.3. The first-order valence-electron chi connectivity index (χ1n) is 10.1. The molecule has 1 atom stereocenters. The van der Waals surface area contributed by atoms with Crippen LogP contribution in [0.3, 0.4) is 0 Å². The number of alkyl halides is 2. The molecule has 178 valence electrons. The number of hydrogen-bond acceptors (Lipinski definition) is 6. The van der Waals surface area contributed by atoms with Gasteiger partial charge in [0.1, 0.15) is 5.82 Å². The average molecular weight is 555 g/mol. The van der Waals surface area contributed by atoms with Gasteiger partial charge >= 0.3 is 5.97 Å². The largest absolute Gasteiger partial charge is 0.476 e. The maximum Gasteiger partial charge on any atom is 0.356 e. The topological polar surface area (TPSA) is 110 Å². The van der Waals surface area contributed by atoms with Crippen LogP contribution in [0.15, 0.2) is 35.1 Å². The van der Waals surface area contributed by atoms with Crippen molar-refractivity contribution in [2.75, 3.05) is 5.32 Å². The van der Waals surface area contributed by atoms with Crippen molar-refractivity contribution in [2.24, 2.45) is 0 Å². The number of rotatable bonds is 7. The Hall–Kier alpha value is -3.12. The summed E-state index contributed by atoms with van der Waals surface area (Å²) >= 11 is 9.43. The molecule has 34 heavy (non-hydrogen) atoms. The van der Waals surface area contributed by atoms with Crippen molar-refractivity contribution >= 4 is 45.0 Å². The van der Waals surface area contributed by atoms with Crippen LogP contribution < -0.4 is 5.32 Å². The third-order valence-electron chi connectivity index (χ3n) is 5.17. The van der Waals surface area contributed by atoms with E-state index >= 15 is 0 Å². The molecule has 2 N–H and O–H groups in total. The number of fused-ring (bicyclic) bond motifs is 1. The lowest BCUT2D eigenvalue weighted by atomic mass is 10.0. The van der Waals surface area contributed by atoms with Crippen molar-refractivity contribution < 1.29 is 18.7 Å². The van der Waals surface area contributed by atoms with E-state index in [2.05, 4.69) is 41.5 Å². The van der Waals surface area contributed by atoms with E-state index in [1.165, 1.54) is 0 Å². The third kappa shape index (κ3) is 4.34. The number of hydrogen-bond donors (Lipinski definition) is 2. The minimum Gasteiger partial charge on any atom is -0.476 e. The van der Waals surface area contributed by atoms with Gasteiger partial charge in [-0.3, -0.25) is 0 Å². The molecule has 3 aromatic heterocycles. The third-order valence-corrected chi connectivity index (χ3v) is 5.98. The van der Waals surface area contributed by atoms with Crippen LogP contribution in [-0.2, 0) is 0 Å². The van der Waals surface area contributed by atoms with E-state index in [9.17, 15) is 18.7 Å². The van der Waals surface area contributed by atoms with E-state index in [-0.39, 0.29) is 23.2 Å². The monoisotopic (exact) mass is 553 g/mol. The summed E-state index contributed by atoms with van der Waals surface area (Å²) < 4.78 is 29.9. The molecule has 0 aliphatic heterocycles. The van der Waals surface area contributed by atoms with Gasteiger partial charge in [0.2, 0.25) is 5.82 Å². The van der Waals surface area contributed by atoms with Gasteiger partial charge in [-0.15, -0.1) is 15.3 Å². The lowest BCUT2D eigenvalue weighted by Gasteiger charge is -2.24. The fourth-order valence-electron chi connectivity index (χ4n) is 3.70. The fraction of sp³-hybridized carbons (Fsp3) is 0.286. The van der Waals surface area contributed by atoms with Gasteiger partial charge in [0.15, 0.2) is 16.1 Å². The number of nitrogens with zero attached hydrogens (tertiary/aromatic N) is 6. The minimum atomic E-state index is -2.87. The molecule has 0 aliphatic carbocycles. The Balaban J connectivity index is 1.93. The Bertz CT molecular complexity index is 1370. The highest BCUT2D eigenvalue weighted by atomic mass is 79.9. The first-order valence-corrected chi connectivity index (χ1v) is 11.3. The molecular weight excluding hydrogens is 536 g/mol. The lowest BCUT2D eigenvalue weighted by molar-refractivity contribution is 0.0689. The normalized spacial score (nSPS) is 12.6. The van der Waals surface area contributed by atoms with E-state index in [0.29, 0.717) is 26.6 Å². The predicted octanol–water partition coefficient (Wildman–Crippen LogP) is 5.46. The van der Waals surface area contributed by atoms with Crippen molar-refractivity contribution in [1.82, 2.24) is 29.4 Å². The van der Waals surface area contributed by atoms with Crippen molar-refractivity contribution in [3.05, 3.63) is 68.4 Å². The zero-order chi connectivity index (χ0) is 24.7. The number of aromatic carboxylic acids is 1. The second-order valence-electron chi connectivity index (χ2n) is 7.82. The molecule has 0 saturated heterocycles. The molecule has 4 rings (SSSR count). The number of carbonyl (C=O) groups is 1. The number of carboxylic acid groups (broad SMARTS) is 1. The van der Waals surface area contributed by atoms with Crippen LogP contribution in [0.4, 0.5) is 14.6 Å². The Morgan fingerprint density at radius 2 is 1.88 bits per heavy atom. The van der Waals surface area contributed by atoms with Crippen LogP contribution in [0, 0.1) is 6.92 Å². The summed E-state index contributed by atoms with van der Waals surface area (Å²) in [5.74, 6) is -1.59. The Morgan fingerprint density at radius 1 is 1.21 bits per heavy atom. The fourth-order valence-corrected chi connectivity index (χ4v) is 4.61. The number of nitrogens with one attached hydrogen (secondary N) is 1. The van der Waals surface area contributed by atoms with Gasteiger partial charge in [-0.2, -0.15) is 4.52 Å². The van der Waals surface area contributed by atoms with Crippen LogP contribution in [0.2, 0.25) is 5.02 Å². The quantitative estimate of drug-likeness (QED) is 0.312.